The quantitative estimate of drug-likeness (QED) is 0.150. The first-order valence-electron chi connectivity index (χ1n) is 10.6. The predicted molar refractivity (Wildman–Crippen MR) is 137 cm³/mol. The van der Waals surface area contributed by atoms with Gasteiger partial charge in [-0.05, 0) is 61.7 Å². The molecule has 0 aromatic heterocycles. The van der Waals surface area contributed by atoms with Crippen LogP contribution in [0.15, 0.2) is 57.4 Å². The Balaban J connectivity index is 1.88. The Morgan fingerprint density at radius 1 is 1.29 bits per heavy atom. The number of rotatable bonds is 8. The van der Waals surface area contributed by atoms with Gasteiger partial charge in [-0.2, -0.15) is 10.4 Å². The molecule has 174 valence electrons. The van der Waals surface area contributed by atoms with Crippen LogP contribution in [0.25, 0.3) is 0 Å². The van der Waals surface area contributed by atoms with Gasteiger partial charge in [-0.25, -0.2) is 5.01 Å². The minimum absolute atomic E-state index is 0.192. The van der Waals surface area contributed by atoms with Crippen molar-refractivity contribution in [1.82, 2.24) is 5.01 Å². The lowest BCUT2D eigenvalue weighted by molar-refractivity contribution is 0.0751. The average Bonchev–Trinajstić information content (AvgIpc) is 2.89. The molecule has 0 unspecified atom stereocenters. The van der Waals surface area contributed by atoms with Crippen molar-refractivity contribution in [2.24, 2.45) is 15.3 Å². The van der Waals surface area contributed by atoms with E-state index in [2.05, 4.69) is 37.9 Å². The van der Waals surface area contributed by atoms with E-state index in [9.17, 15) is 4.79 Å². The van der Waals surface area contributed by atoms with Gasteiger partial charge in [-0.3, -0.25) is 10.2 Å². The van der Waals surface area contributed by atoms with Crippen molar-refractivity contribution in [3.05, 3.63) is 58.8 Å². The highest BCUT2D eigenvalue weighted by Gasteiger charge is 2.23. The molecule has 1 N–H and O–H groups in total. The van der Waals surface area contributed by atoms with Crippen LogP contribution < -0.4 is 9.47 Å². The molecule has 0 fully saturated rings. The SMILES string of the molecule is CCOc1cc(C2=NN(C(=O)c3ccc(N=NC(=C=N)C#N)cc3CI)CCC2)ccc1OC. The summed E-state index contributed by atoms with van der Waals surface area (Å²) in [5.74, 6) is 3.01. The molecule has 3 rings (SSSR count). The van der Waals surface area contributed by atoms with Crippen molar-refractivity contribution in [3.8, 4) is 17.6 Å². The van der Waals surface area contributed by atoms with Gasteiger partial charge < -0.3 is 9.47 Å². The van der Waals surface area contributed by atoms with Crippen molar-refractivity contribution >= 4 is 45.8 Å². The molecule has 0 aliphatic carbocycles. The second-order valence-corrected chi connectivity index (χ2v) is 7.90. The van der Waals surface area contributed by atoms with Crippen molar-refractivity contribution in [2.75, 3.05) is 20.3 Å². The van der Waals surface area contributed by atoms with Crippen molar-refractivity contribution in [2.45, 2.75) is 24.2 Å². The molecule has 0 bridgehead atoms. The van der Waals surface area contributed by atoms with E-state index in [4.69, 9.17) is 20.1 Å². The number of hydrazone groups is 1. The molecular weight excluding hydrogens is 547 g/mol. The van der Waals surface area contributed by atoms with E-state index < -0.39 is 0 Å². The molecule has 0 radical (unpaired) electrons. The maximum atomic E-state index is 13.3. The number of ether oxygens (including phenoxy) is 2. The van der Waals surface area contributed by atoms with Crippen LogP contribution in [0.2, 0.25) is 0 Å². The van der Waals surface area contributed by atoms with Gasteiger partial charge in [0.05, 0.1) is 25.1 Å². The van der Waals surface area contributed by atoms with Gasteiger partial charge >= 0.3 is 0 Å². The van der Waals surface area contributed by atoms with Gasteiger partial charge in [0.15, 0.2) is 11.5 Å². The molecule has 0 saturated carbocycles. The normalized spacial score (nSPS) is 13.1. The molecule has 0 atom stereocenters. The second-order valence-electron chi connectivity index (χ2n) is 7.14. The number of nitriles is 1. The molecular formula is C24H23IN6O3. The Bertz CT molecular complexity index is 1230. The Morgan fingerprint density at radius 3 is 2.79 bits per heavy atom. The molecule has 2 aromatic carbocycles. The monoisotopic (exact) mass is 570 g/mol. The van der Waals surface area contributed by atoms with Gasteiger partial charge in [0.1, 0.15) is 6.07 Å². The van der Waals surface area contributed by atoms with Gasteiger partial charge in [-0.1, -0.05) is 22.6 Å². The number of azo groups is 1. The number of alkyl halides is 1. The number of hydrogen-bond donors (Lipinski definition) is 1. The van der Waals surface area contributed by atoms with Crippen LogP contribution >= 0.6 is 22.6 Å². The highest BCUT2D eigenvalue weighted by Crippen LogP contribution is 2.30. The van der Waals surface area contributed by atoms with Crippen LogP contribution in [0.5, 0.6) is 11.5 Å². The third-order valence-electron chi connectivity index (χ3n) is 5.01. The zero-order chi connectivity index (χ0) is 24.5. The van der Waals surface area contributed by atoms with E-state index in [0.717, 1.165) is 29.7 Å². The first-order chi connectivity index (χ1) is 16.5. The number of carbonyl (C=O) groups is 1. The second kappa shape index (κ2) is 12.1. The first kappa shape index (κ1) is 25.1. The van der Waals surface area contributed by atoms with Crippen LogP contribution in [0.4, 0.5) is 5.69 Å². The molecule has 0 spiro atoms. The third kappa shape index (κ3) is 5.87. The number of allylic oxidation sites excluding steroid dienone is 1. The van der Waals surface area contributed by atoms with E-state index in [1.54, 1.807) is 31.4 Å². The minimum Gasteiger partial charge on any atom is -0.493 e. The topological polar surface area (TPSA) is 123 Å². The molecule has 10 heteroatoms. The largest absolute Gasteiger partial charge is 0.493 e. The van der Waals surface area contributed by atoms with Crippen molar-refractivity contribution < 1.29 is 14.3 Å². The van der Waals surface area contributed by atoms with Crippen LogP contribution in [0, 0.1) is 16.7 Å². The summed E-state index contributed by atoms with van der Waals surface area (Å²) in [6.45, 7) is 2.95. The van der Waals surface area contributed by atoms with Crippen LogP contribution in [0.3, 0.4) is 0 Å². The van der Waals surface area contributed by atoms with Crippen LogP contribution in [0.1, 0.15) is 41.3 Å². The highest BCUT2D eigenvalue weighted by atomic mass is 127. The maximum Gasteiger partial charge on any atom is 0.274 e. The Hall–Kier alpha value is -3.55. The number of amides is 1. The summed E-state index contributed by atoms with van der Waals surface area (Å²) in [6, 6.07) is 12.5. The molecule has 1 amide bonds. The summed E-state index contributed by atoms with van der Waals surface area (Å²) in [5.41, 5.74) is 3.27. The van der Waals surface area contributed by atoms with E-state index in [-0.39, 0.29) is 11.6 Å². The number of halogens is 1. The van der Waals surface area contributed by atoms with E-state index >= 15 is 0 Å². The highest BCUT2D eigenvalue weighted by molar-refractivity contribution is 14.1. The molecule has 1 aliphatic rings. The van der Waals surface area contributed by atoms with Crippen LogP contribution in [-0.2, 0) is 4.43 Å². The maximum absolute atomic E-state index is 13.3. The first-order valence-corrected chi connectivity index (χ1v) is 12.1. The summed E-state index contributed by atoms with van der Waals surface area (Å²) < 4.78 is 11.6. The molecule has 2 aromatic rings. The van der Waals surface area contributed by atoms with Crippen LogP contribution in [-0.4, -0.2) is 42.8 Å². The number of nitrogens with zero attached hydrogens (tertiary/aromatic N) is 5. The fraction of sp³-hybridized carbons (Fsp3) is 0.292. The zero-order valence-corrected chi connectivity index (χ0v) is 21.0. The number of methoxy groups -OCH3 is 1. The van der Waals surface area contributed by atoms with Gasteiger partial charge in [-0.15, -0.1) is 10.2 Å². The lowest BCUT2D eigenvalue weighted by Gasteiger charge is -2.25. The number of hydrogen-bond acceptors (Lipinski definition) is 8. The lowest BCUT2D eigenvalue weighted by atomic mass is 10.0. The fourth-order valence-corrected chi connectivity index (χ4v) is 4.03. The Kier molecular flexibility index (Phi) is 8.90. The smallest absolute Gasteiger partial charge is 0.274 e. The minimum atomic E-state index is -0.225. The summed E-state index contributed by atoms with van der Waals surface area (Å²) in [6.07, 6.45) is 1.54. The van der Waals surface area contributed by atoms with E-state index in [1.807, 2.05) is 31.0 Å². The number of benzene rings is 2. The Labute approximate surface area is 211 Å². The summed E-state index contributed by atoms with van der Waals surface area (Å²) >= 11 is 2.18. The van der Waals surface area contributed by atoms with E-state index in [0.29, 0.717) is 40.3 Å². The Morgan fingerprint density at radius 2 is 2.12 bits per heavy atom. The van der Waals surface area contributed by atoms with Gasteiger partial charge in [0.2, 0.25) is 5.70 Å². The molecule has 34 heavy (non-hydrogen) atoms. The third-order valence-corrected chi connectivity index (χ3v) is 5.83. The summed E-state index contributed by atoms with van der Waals surface area (Å²) in [5, 5.41) is 29.6. The number of carbonyl (C=O) groups excluding carboxylic acids is 1. The molecule has 1 heterocycles. The standard InChI is InChI=1S/C24H23IN6O3/c1-3-34-23-12-16(6-9-22(23)33-2)21-5-4-10-31(30-21)24(32)20-8-7-18(11-17(20)13-25)28-29-19(14-26)15-27/h6-9,11-12,26H,3-5,10,13H2,1-2H3. The van der Waals surface area contributed by atoms with Crippen molar-refractivity contribution in [1.29, 1.82) is 10.7 Å². The molecule has 1 aliphatic heterocycles. The summed E-state index contributed by atoms with van der Waals surface area (Å²) in [4.78, 5) is 13.3. The van der Waals surface area contributed by atoms with Gasteiger partial charge in [0.25, 0.3) is 5.91 Å². The molecule has 9 nitrogen and oxygen atoms in total. The van der Waals surface area contributed by atoms with Crippen molar-refractivity contribution in [3.63, 3.8) is 0 Å². The lowest BCUT2D eigenvalue weighted by Crippen LogP contribution is -2.32. The number of nitrogens with one attached hydrogen (secondary N) is 1. The average molecular weight is 570 g/mol. The van der Waals surface area contributed by atoms with E-state index in [1.165, 1.54) is 5.01 Å². The summed E-state index contributed by atoms with van der Waals surface area (Å²) in [7, 11) is 1.60. The fourth-order valence-electron chi connectivity index (χ4n) is 3.40. The van der Waals surface area contributed by atoms with Gasteiger partial charge in [0, 0.05) is 28.0 Å². The predicted octanol–water partition coefficient (Wildman–Crippen LogP) is 5.41. The zero-order valence-electron chi connectivity index (χ0n) is 18.8. The molecule has 0 saturated heterocycles.